The standard InChI is InChI=1S/C17H20N2O3/c1-3-14(9-18-6-1)22-16-11-19(10-13-5-8-20-12-13)15-4-2-7-21-17(15)16/h1,3,5-6,8-9,12,15-17H,2,4,7,10-11H2/t15-,16+,17+/m0/s1. The van der Waals surface area contributed by atoms with Gasteiger partial charge in [-0.05, 0) is 31.0 Å². The molecular formula is C17H20N2O3. The van der Waals surface area contributed by atoms with Crippen molar-refractivity contribution in [2.75, 3.05) is 13.2 Å². The van der Waals surface area contributed by atoms with Crippen LogP contribution in [0, 0.1) is 0 Å². The molecule has 0 spiro atoms. The van der Waals surface area contributed by atoms with Crippen LogP contribution in [0.1, 0.15) is 18.4 Å². The average molecular weight is 300 g/mol. The number of pyridine rings is 1. The van der Waals surface area contributed by atoms with E-state index in [-0.39, 0.29) is 12.2 Å². The van der Waals surface area contributed by atoms with Gasteiger partial charge in [0.1, 0.15) is 18.0 Å². The zero-order valence-corrected chi connectivity index (χ0v) is 12.4. The Hall–Kier alpha value is -1.85. The molecule has 0 saturated carbocycles. The normalized spacial score (nSPS) is 28.5. The monoisotopic (exact) mass is 300 g/mol. The van der Waals surface area contributed by atoms with Crippen LogP contribution in [0.2, 0.25) is 0 Å². The average Bonchev–Trinajstić information content (AvgIpc) is 3.18. The van der Waals surface area contributed by atoms with Gasteiger partial charge in [0.2, 0.25) is 0 Å². The Morgan fingerprint density at radius 2 is 2.36 bits per heavy atom. The number of likely N-dealkylation sites (tertiary alicyclic amines) is 1. The molecule has 2 aromatic rings. The van der Waals surface area contributed by atoms with E-state index in [2.05, 4.69) is 9.88 Å². The summed E-state index contributed by atoms with van der Waals surface area (Å²) in [5.74, 6) is 0.811. The lowest BCUT2D eigenvalue weighted by Crippen LogP contribution is -2.42. The molecule has 0 bridgehead atoms. The summed E-state index contributed by atoms with van der Waals surface area (Å²) < 4.78 is 17.4. The number of hydrogen-bond acceptors (Lipinski definition) is 5. The second kappa shape index (κ2) is 6.10. The fourth-order valence-corrected chi connectivity index (χ4v) is 3.50. The summed E-state index contributed by atoms with van der Waals surface area (Å²) in [6.45, 7) is 2.58. The molecule has 0 amide bonds. The van der Waals surface area contributed by atoms with Crippen molar-refractivity contribution in [2.24, 2.45) is 0 Å². The topological polar surface area (TPSA) is 47.7 Å². The summed E-state index contributed by atoms with van der Waals surface area (Å²) in [7, 11) is 0. The molecule has 0 radical (unpaired) electrons. The molecule has 2 saturated heterocycles. The van der Waals surface area contributed by atoms with Crippen molar-refractivity contribution in [3.05, 3.63) is 48.7 Å². The number of aromatic nitrogens is 1. The minimum absolute atomic E-state index is 0.0569. The number of nitrogens with zero attached hydrogens (tertiary/aromatic N) is 2. The van der Waals surface area contributed by atoms with Crippen LogP contribution < -0.4 is 4.74 Å². The molecule has 116 valence electrons. The molecule has 5 heteroatoms. The number of rotatable bonds is 4. The summed E-state index contributed by atoms with van der Waals surface area (Å²) in [4.78, 5) is 6.57. The first-order chi connectivity index (χ1) is 10.9. The Balaban J connectivity index is 1.50. The van der Waals surface area contributed by atoms with E-state index >= 15 is 0 Å². The molecule has 0 unspecified atom stereocenters. The Kier molecular flexibility index (Phi) is 3.83. The van der Waals surface area contributed by atoms with Crippen LogP contribution in [0.4, 0.5) is 0 Å². The second-order valence-electron chi connectivity index (χ2n) is 5.95. The Labute approximate surface area is 129 Å². The number of hydrogen-bond donors (Lipinski definition) is 0. The predicted octanol–water partition coefficient (Wildman–Crippen LogP) is 2.49. The number of furan rings is 1. The van der Waals surface area contributed by atoms with Crippen LogP contribution >= 0.6 is 0 Å². The highest BCUT2D eigenvalue weighted by Crippen LogP contribution is 2.32. The first-order valence-electron chi connectivity index (χ1n) is 7.83. The van der Waals surface area contributed by atoms with E-state index in [4.69, 9.17) is 13.9 Å². The van der Waals surface area contributed by atoms with Gasteiger partial charge < -0.3 is 13.9 Å². The van der Waals surface area contributed by atoms with Crippen molar-refractivity contribution in [3.8, 4) is 5.75 Å². The van der Waals surface area contributed by atoms with Crippen molar-refractivity contribution >= 4 is 0 Å². The lowest BCUT2D eigenvalue weighted by molar-refractivity contribution is -0.0472. The maximum Gasteiger partial charge on any atom is 0.139 e. The Morgan fingerprint density at radius 3 is 3.18 bits per heavy atom. The lowest BCUT2D eigenvalue weighted by atomic mass is 10.0. The lowest BCUT2D eigenvalue weighted by Gasteiger charge is -2.32. The second-order valence-corrected chi connectivity index (χ2v) is 5.95. The van der Waals surface area contributed by atoms with Crippen LogP contribution in [0.25, 0.3) is 0 Å². The highest BCUT2D eigenvalue weighted by atomic mass is 16.5. The number of fused-ring (bicyclic) bond motifs is 1. The molecular weight excluding hydrogens is 280 g/mol. The van der Waals surface area contributed by atoms with E-state index in [1.54, 1.807) is 18.7 Å². The van der Waals surface area contributed by atoms with Crippen LogP contribution in [0.15, 0.2) is 47.5 Å². The predicted molar refractivity (Wildman–Crippen MR) is 80.5 cm³/mol. The molecule has 0 aliphatic carbocycles. The van der Waals surface area contributed by atoms with Crippen LogP contribution in [-0.2, 0) is 11.3 Å². The maximum atomic E-state index is 6.14. The van der Waals surface area contributed by atoms with Crippen molar-refractivity contribution in [2.45, 2.75) is 37.6 Å². The van der Waals surface area contributed by atoms with Gasteiger partial charge in [-0.1, -0.05) is 0 Å². The van der Waals surface area contributed by atoms with Crippen LogP contribution in [0.3, 0.4) is 0 Å². The van der Waals surface area contributed by atoms with Gasteiger partial charge >= 0.3 is 0 Å². The molecule has 2 aromatic heterocycles. The van der Waals surface area contributed by atoms with Gasteiger partial charge in [-0.25, -0.2) is 0 Å². The fourth-order valence-electron chi connectivity index (χ4n) is 3.50. The SMILES string of the molecule is c1cncc(O[C@@H]2CN(Cc3ccoc3)[C@H]3CCCO[C@@H]23)c1. The summed E-state index contributed by atoms with van der Waals surface area (Å²) >= 11 is 0. The highest BCUT2D eigenvalue weighted by molar-refractivity contribution is 5.17. The number of ether oxygens (including phenoxy) is 2. The van der Waals surface area contributed by atoms with Gasteiger partial charge in [-0.15, -0.1) is 0 Å². The molecule has 2 aliphatic heterocycles. The Bertz CT molecular complexity index is 587. The maximum absolute atomic E-state index is 6.14. The molecule has 2 fully saturated rings. The van der Waals surface area contributed by atoms with E-state index in [9.17, 15) is 0 Å². The molecule has 0 aromatic carbocycles. The molecule has 5 nitrogen and oxygen atoms in total. The summed E-state index contributed by atoms with van der Waals surface area (Å²) in [6.07, 6.45) is 9.53. The molecule has 0 N–H and O–H groups in total. The minimum atomic E-state index is 0.0569. The van der Waals surface area contributed by atoms with Gasteiger partial charge in [0, 0.05) is 37.5 Å². The molecule has 4 rings (SSSR count). The first kappa shape index (κ1) is 13.8. The van der Waals surface area contributed by atoms with E-state index in [1.165, 1.54) is 5.56 Å². The zero-order chi connectivity index (χ0) is 14.8. The third-order valence-corrected chi connectivity index (χ3v) is 4.47. The molecule has 2 aliphatic rings. The molecule has 4 heterocycles. The molecule has 22 heavy (non-hydrogen) atoms. The smallest absolute Gasteiger partial charge is 0.139 e. The Morgan fingerprint density at radius 1 is 1.36 bits per heavy atom. The van der Waals surface area contributed by atoms with Gasteiger partial charge in [0.05, 0.1) is 18.7 Å². The summed E-state index contributed by atoms with van der Waals surface area (Å²) in [5, 5.41) is 0. The third-order valence-electron chi connectivity index (χ3n) is 4.47. The first-order valence-corrected chi connectivity index (χ1v) is 7.83. The quantitative estimate of drug-likeness (QED) is 0.868. The van der Waals surface area contributed by atoms with E-state index in [1.807, 2.05) is 24.5 Å². The largest absolute Gasteiger partial charge is 0.485 e. The van der Waals surface area contributed by atoms with E-state index < -0.39 is 0 Å². The fraction of sp³-hybridized carbons (Fsp3) is 0.471. The van der Waals surface area contributed by atoms with Gasteiger partial charge in [0.15, 0.2) is 0 Å². The highest BCUT2D eigenvalue weighted by Gasteiger charge is 2.45. The zero-order valence-electron chi connectivity index (χ0n) is 12.4. The minimum Gasteiger partial charge on any atom is -0.485 e. The van der Waals surface area contributed by atoms with Crippen LogP contribution in [0.5, 0.6) is 5.75 Å². The van der Waals surface area contributed by atoms with E-state index in [0.29, 0.717) is 6.04 Å². The van der Waals surface area contributed by atoms with Crippen molar-refractivity contribution in [3.63, 3.8) is 0 Å². The third kappa shape index (κ3) is 2.74. The summed E-state index contributed by atoms with van der Waals surface area (Å²) in [5.41, 5.74) is 1.20. The van der Waals surface area contributed by atoms with Gasteiger partial charge in [-0.3, -0.25) is 9.88 Å². The van der Waals surface area contributed by atoms with Crippen molar-refractivity contribution in [1.29, 1.82) is 0 Å². The van der Waals surface area contributed by atoms with Gasteiger partial charge in [0.25, 0.3) is 0 Å². The van der Waals surface area contributed by atoms with Crippen LogP contribution in [-0.4, -0.2) is 41.3 Å². The molecule has 3 atom stereocenters. The van der Waals surface area contributed by atoms with Crippen molar-refractivity contribution < 1.29 is 13.9 Å². The van der Waals surface area contributed by atoms with E-state index in [0.717, 1.165) is 38.3 Å². The van der Waals surface area contributed by atoms with Gasteiger partial charge in [-0.2, -0.15) is 0 Å². The summed E-state index contributed by atoms with van der Waals surface area (Å²) in [6, 6.07) is 6.29. The van der Waals surface area contributed by atoms with Crippen molar-refractivity contribution in [1.82, 2.24) is 9.88 Å².